The Morgan fingerprint density at radius 1 is 1.25 bits per heavy atom. The summed E-state index contributed by atoms with van der Waals surface area (Å²) in [6, 6.07) is 7.67. The first-order chi connectivity index (χ1) is 15.3. The highest BCUT2D eigenvalue weighted by atomic mass is 19.1. The summed E-state index contributed by atoms with van der Waals surface area (Å²) in [5.41, 5.74) is 2.92. The summed E-state index contributed by atoms with van der Waals surface area (Å²) >= 11 is 0. The lowest BCUT2D eigenvalue weighted by Crippen LogP contribution is -2.45. The van der Waals surface area contributed by atoms with Crippen molar-refractivity contribution in [1.82, 2.24) is 9.55 Å². The van der Waals surface area contributed by atoms with E-state index in [1.54, 1.807) is 10.6 Å². The predicted octanol–water partition coefficient (Wildman–Crippen LogP) is 2.66. The van der Waals surface area contributed by atoms with Gasteiger partial charge in [-0.3, -0.25) is 9.18 Å². The number of hydrogen-bond donors (Lipinski definition) is 1. The van der Waals surface area contributed by atoms with Crippen LogP contribution in [0.4, 0.5) is 10.1 Å². The summed E-state index contributed by atoms with van der Waals surface area (Å²) in [7, 11) is 3.96. The zero-order valence-electron chi connectivity index (χ0n) is 18.2. The van der Waals surface area contributed by atoms with Crippen LogP contribution in [0.1, 0.15) is 35.6 Å². The quantitative estimate of drug-likeness (QED) is 0.494. The van der Waals surface area contributed by atoms with Crippen LogP contribution >= 0.6 is 0 Å². The Kier molecular flexibility index (Phi) is 4.60. The molecule has 1 N–H and O–H groups in total. The van der Waals surface area contributed by atoms with E-state index in [2.05, 4.69) is 13.0 Å². The van der Waals surface area contributed by atoms with Gasteiger partial charge in [-0.1, -0.05) is 6.92 Å². The summed E-state index contributed by atoms with van der Waals surface area (Å²) in [5.74, 6) is -0.929. The molecule has 8 heteroatoms. The van der Waals surface area contributed by atoms with E-state index in [1.807, 2.05) is 31.1 Å². The maximum Gasteiger partial charge on any atom is 0.343 e. The van der Waals surface area contributed by atoms with Crippen LogP contribution in [0, 0.1) is 0 Å². The van der Waals surface area contributed by atoms with E-state index in [1.165, 1.54) is 0 Å². The average molecular weight is 437 g/mol. The summed E-state index contributed by atoms with van der Waals surface area (Å²) in [5, 5.41) is 12.0. The SMILES string of the molecule is CCc1c2c(nc3ccc(N(C)C)cc13)-c1cc3c(c(=O)n1C2)COC(=O)C3(O)CCF. The molecule has 32 heavy (non-hydrogen) atoms. The van der Waals surface area contributed by atoms with Gasteiger partial charge in [0, 0.05) is 42.7 Å². The minimum absolute atomic E-state index is 0.124. The van der Waals surface area contributed by atoms with Crippen LogP contribution in [0.2, 0.25) is 0 Å². The van der Waals surface area contributed by atoms with Gasteiger partial charge < -0.3 is 19.3 Å². The van der Waals surface area contributed by atoms with Gasteiger partial charge >= 0.3 is 5.97 Å². The number of cyclic esters (lactones) is 1. The number of nitrogens with zero attached hydrogens (tertiary/aromatic N) is 3. The Labute approximate surface area is 184 Å². The molecule has 166 valence electrons. The van der Waals surface area contributed by atoms with Crippen molar-refractivity contribution < 1.29 is 19.0 Å². The van der Waals surface area contributed by atoms with E-state index in [0.717, 1.165) is 34.1 Å². The smallest absolute Gasteiger partial charge is 0.343 e. The first kappa shape index (κ1) is 20.6. The van der Waals surface area contributed by atoms with Crippen LogP contribution in [0.25, 0.3) is 22.3 Å². The first-order valence-electron chi connectivity index (χ1n) is 10.7. The topological polar surface area (TPSA) is 84.7 Å². The van der Waals surface area contributed by atoms with E-state index in [4.69, 9.17) is 9.72 Å². The Balaban J connectivity index is 1.78. The van der Waals surface area contributed by atoms with Gasteiger partial charge in [0.05, 0.1) is 35.7 Å². The average Bonchev–Trinajstić information content (AvgIpc) is 3.13. The fourth-order valence-electron chi connectivity index (χ4n) is 4.87. The molecule has 3 aromatic rings. The Bertz CT molecular complexity index is 1350. The summed E-state index contributed by atoms with van der Waals surface area (Å²) < 4.78 is 19.9. The fourth-order valence-corrected chi connectivity index (χ4v) is 4.87. The Morgan fingerprint density at radius 2 is 2.03 bits per heavy atom. The Hall–Kier alpha value is -3.26. The molecule has 2 aliphatic rings. The number of benzene rings is 1. The number of carbonyl (C=O) groups is 1. The molecule has 0 fully saturated rings. The second kappa shape index (κ2) is 7.13. The number of ether oxygens (including phenoxy) is 1. The minimum Gasteiger partial charge on any atom is -0.458 e. The number of rotatable bonds is 4. The number of anilines is 1. The van der Waals surface area contributed by atoms with Gasteiger partial charge in [-0.05, 0) is 36.2 Å². The maximum absolute atomic E-state index is 13.3. The molecule has 2 aromatic heterocycles. The third-order valence-corrected chi connectivity index (χ3v) is 6.60. The number of alkyl halides is 1. The summed E-state index contributed by atoms with van der Waals surface area (Å²) in [4.78, 5) is 32.6. The number of hydrogen-bond acceptors (Lipinski definition) is 6. The largest absolute Gasteiger partial charge is 0.458 e. The molecule has 7 nitrogen and oxygen atoms in total. The third kappa shape index (κ3) is 2.72. The number of aryl methyl sites for hydroxylation is 1. The number of pyridine rings is 2. The van der Waals surface area contributed by atoms with Crippen LogP contribution in [0.5, 0.6) is 0 Å². The highest BCUT2D eigenvalue weighted by molar-refractivity contribution is 5.91. The second-order valence-corrected chi connectivity index (χ2v) is 8.56. The third-order valence-electron chi connectivity index (χ3n) is 6.60. The zero-order valence-corrected chi connectivity index (χ0v) is 18.2. The number of fused-ring (bicyclic) bond motifs is 5. The van der Waals surface area contributed by atoms with Gasteiger partial charge in [-0.15, -0.1) is 0 Å². The first-order valence-corrected chi connectivity index (χ1v) is 10.7. The molecule has 1 atom stereocenters. The second-order valence-electron chi connectivity index (χ2n) is 8.56. The van der Waals surface area contributed by atoms with Crippen molar-refractivity contribution in [2.75, 3.05) is 25.7 Å². The van der Waals surface area contributed by atoms with Crippen molar-refractivity contribution in [3.63, 3.8) is 0 Å². The monoisotopic (exact) mass is 437 g/mol. The van der Waals surface area contributed by atoms with Gasteiger partial charge in [-0.25, -0.2) is 9.78 Å². The molecule has 5 rings (SSSR count). The van der Waals surface area contributed by atoms with Crippen LogP contribution in [-0.4, -0.2) is 41.4 Å². The van der Waals surface area contributed by atoms with E-state index in [0.29, 0.717) is 17.9 Å². The molecule has 0 bridgehead atoms. The highest BCUT2D eigenvalue weighted by Crippen LogP contribution is 2.40. The van der Waals surface area contributed by atoms with E-state index < -0.39 is 24.7 Å². The van der Waals surface area contributed by atoms with Gasteiger partial charge in [0.25, 0.3) is 5.56 Å². The van der Waals surface area contributed by atoms with Gasteiger partial charge in [-0.2, -0.15) is 0 Å². The molecular weight excluding hydrogens is 413 g/mol. The molecule has 4 heterocycles. The van der Waals surface area contributed by atoms with Gasteiger partial charge in [0.1, 0.15) is 6.61 Å². The van der Waals surface area contributed by atoms with Crippen LogP contribution < -0.4 is 10.5 Å². The lowest BCUT2D eigenvalue weighted by molar-refractivity contribution is -0.173. The van der Waals surface area contributed by atoms with Crippen molar-refractivity contribution in [2.24, 2.45) is 0 Å². The Morgan fingerprint density at radius 3 is 2.72 bits per heavy atom. The van der Waals surface area contributed by atoms with E-state index in [-0.39, 0.29) is 23.3 Å². The number of esters is 1. The summed E-state index contributed by atoms with van der Waals surface area (Å²) in [6.07, 6.45) is 0.293. The number of aromatic nitrogens is 2. The van der Waals surface area contributed by atoms with Crippen molar-refractivity contribution in [2.45, 2.75) is 38.5 Å². The van der Waals surface area contributed by atoms with Gasteiger partial charge in [0.2, 0.25) is 0 Å². The fraction of sp³-hybridized carbons (Fsp3) is 0.375. The van der Waals surface area contributed by atoms with Crippen LogP contribution in [0.15, 0.2) is 29.1 Å². The lowest BCUT2D eigenvalue weighted by Gasteiger charge is -2.32. The van der Waals surface area contributed by atoms with Crippen molar-refractivity contribution >= 4 is 22.6 Å². The normalized spacial score (nSPS) is 18.8. The van der Waals surface area contributed by atoms with Crippen molar-refractivity contribution in [3.05, 3.63) is 56.9 Å². The molecule has 0 aliphatic carbocycles. The number of aliphatic hydroxyl groups is 1. The van der Waals surface area contributed by atoms with E-state index in [9.17, 15) is 19.1 Å². The van der Waals surface area contributed by atoms with Gasteiger partial charge in [0.15, 0.2) is 5.60 Å². The molecule has 2 aliphatic heterocycles. The molecular formula is C24H24FN3O4. The number of carbonyl (C=O) groups excluding carboxylic acids is 1. The lowest BCUT2D eigenvalue weighted by atomic mass is 9.85. The minimum atomic E-state index is -2.18. The molecule has 0 saturated heterocycles. The molecule has 0 saturated carbocycles. The van der Waals surface area contributed by atoms with E-state index >= 15 is 0 Å². The standard InChI is InChI=1S/C24H24FN3O4/c1-4-14-15-9-13(27(2)3)5-6-19(15)26-21-16(14)11-28-20(21)10-18-17(22(28)29)12-32-23(30)24(18,31)7-8-25/h5-6,9-10,31H,4,7-8,11-12H2,1-3H3. The molecule has 1 aromatic carbocycles. The van der Waals surface area contributed by atoms with Crippen LogP contribution in [0.3, 0.4) is 0 Å². The number of halogens is 1. The molecule has 0 radical (unpaired) electrons. The zero-order chi connectivity index (χ0) is 22.8. The van der Waals surface area contributed by atoms with Crippen molar-refractivity contribution in [3.8, 4) is 11.4 Å². The maximum atomic E-state index is 13.3. The predicted molar refractivity (Wildman–Crippen MR) is 119 cm³/mol. The molecule has 0 spiro atoms. The molecule has 0 amide bonds. The summed E-state index contributed by atoms with van der Waals surface area (Å²) in [6.45, 7) is 1.27. The molecule has 1 unspecified atom stereocenters. The van der Waals surface area contributed by atoms with Crippen LogP contribution in [-0.2, 0) is 34.7 Å². The highest BCUT2D eigenvalue weighted by Gasteiger charge is 2.46. The van der Waals surface area contributed by atoms with Crippen molar-refractivity contribution in [1.29, 1.82) is 0 Å².